The molecule has 12 heteroatoms. The first kappa shape index (κ1) is 23.5. The lowest BCUT2D eigenvalue weighted by Crippen LogP contribution is -2.35. The van der Waals surface area contributed by atoms with E-state index in [9.17, 15) is 9.18 Å². The van der Waals surface area contributed by atoms with Crippen LogP contribution in [-0.4, -0.2) is 43.4 Å². The van der Waals surface area contributed by atoms with Gasteiger partial charge in [0.05, 0.1) is 22.1 Å². The molecule has 1 aliphatic rings. The van der Waals surface area contributed by atoms with Gasteiger partial charge in [-0.1, -0.05) is 23.2 Å². The molecular formula is C23H23Cl2FN8O. The first-order valence-corrected chi connectivity index (χ1v) is 12.0. The van der Waals surface area contributed by atoms with Crippen LogP contribution in [0.4, 0.5) is 10.3 Å². The highest BCUT2D eigenvalue weighted by Crippen LogP contribution is 2.33. The lowest BCUT2D eigenvalue weighted by molar-refractivity contribution is -0.120. The molecule has 0 aliphatic carbocycles. The number of pyridine rings is 1. The lowest BCUT2D eigenvalue weighted by Gasteiger charge is -2.21. The number of aromatic nitrogens is 5. The Hall–Kier alpha value is -3.21. The molecule has 1 aliphatic heterocycles. The van der Waals surface area contributed by atoms with Gasteiger partial charge >= 0.3 is 0 Å². The number of anilines is 1. The third-order valence-electron chi connectivity index (χ3n) is 6.11. The molecule has 1 amide bonds. The predicted molar refractivity (Wildman–Crippen MR) is 133 cm³/mol. The molecular weight excluding hydrogens is 494 g/mol. The van der Waals surface area contributed by atoms with E-state index >= 15 is 0 Å². The minimum atomic E-state index is -0.527. The summed E-state index contributed by atoms with van der Waals surface area (Å²) in [7, 11) is 0. The molecule has 0 spiro atoms. The van der Waals surface area contributed by atoms with Crippen LogP contribution >= 0.6 is 23.2 Å². The molecule has 1 fully saturated rings. The molecule has 1 saturated heterocycles. The molecule has 3 aromatic heterocycles. The highest BCUT2D eigenvalue weighted by Gasteiger charge is 2.23. The number of hydrogen-bond donors (Lipinski definition) is 3. The van der Waals surface area contributed by atoms with Crippen LogP contribution in [0.5, 0.6) is 0 Å². The quantitative estimate of drug-likeness (QED) is 0.330. The van der Waals surface area contributed by atoms with E-state index in [0.29, 0.717) is 27.9 Å². The Bertz CT molecular complexity index is 1380. The highest BCUT2D eigenvalue weighted by molar-refractivity contribution is 6.36. The summed E-state index contributed by atoms with van der Waals surface area (Å²) in [6.45, 7) is 3.49. The summed E-state index contributed by atoms with van der Waals surface area (Å²) < 4.78 is 17.4. The molecule has 9 nitrogen and oxygen atoms in total. The van der Waals surface area contributed by atoms with Crippen molar-refractivity contribution < 1.29 is 9.18 Å². The van der Waals surface area contributed by atoms with Gasteiger partial charge in [0.1, 0.15) is 18.0 Å². The van der Waals surface area contributed by atoms with Crippen LogP contribution in [0, 0.1) is 11.7 Å². The fraction of sp³-hybridized carbons (Fsp3) is 0.304. The van der Waals surface area contributed by atoms with Crippen molar-refractivity contribution in [3.05, 3.63) is 64.3 Å². The SMILES string of the molecule is CC(Nn1ccc2nc(-n3cnnc3NC(=O)C3CCNCC3)ccc21)c1c(Cl)ccc(F)c1Cl. The van der Waals surface area contributed by atoms with Crippen LogP contribution in [0.15, 0.2) is 42.9 Å². The number of halogens is 3. The van der Waals surface area contributed by atoms with E-state index in [-0.39, 0.29) is 22.9 Å². The summed E-state index contributed by atoms with van der Waals surface area (Å²) in [5.41, 5.74) is 5.22. The van der Waals surface area contributed by atoms with Crippen LogP contribution in [-0.2, 0) is 4.79 Å². The van der Waals surface area contributed by atoms with E-state index in [1.54, 1.807) is 15.3 Å². The minimum absolute atomic E-state index is 0.0129. The van der Waals surface area contributed by atoms with Gasteiger partial charge in [0.2, 0.25) is 11.9 Å². The maximum Gasteiger partial charge on any atom is 0.236 e. The summed E-state index contributed by atoms with van der Waals surface area (Å²) in [4.78, 5) is 17.4. The van der Waals surface area contributed by atoms with Crippen LogP contribution in [0.2, 0.25) is 10.0 Å². The van der Waals surface area contributed by atoms with E-state index in [1.165, 1.54) is 18.5 Å². The Balaban J connectivity index is 1.37. The summed E-state index contributed by atoms with van der Waals surface area (Å²) in [5, 5.41) is 14.5. The van der Waals surface area contributed by atoms with Crippen molar-refractivity contribution in [1.82, 2.24) is 29.7 Å². The molecule has 0 radical (unpaired) electrons. The number of amides is 1. The van der Waals surface area contributed by atoms with E-state index in [0.717, 1.165) is 31.4 Å². The molecule has 5 rings (SSSR count). The molecule has 3 N–H and O–H groups in total. The van der Waals surface area contributed by atoms with E-state index < -0.39 is 5.82 Å². The van der Waals surface area contributed by atoms with Gasteiger partial charge in [0.25, 0.3) is 0 Å². The maximum atomic E-state index is 14.0. The van der Waals surface area contributed by atoms with Crippen molar-refractivity contribution in [2.24, 2.45) is 5.92 Å². The summed E-state index contributed by atoms with van der Waals surface area (Å²) in [6.07, 6.45) is 4.90. The number of piperidine rings is 1. The zero-order chi connectivity index (χ0) is 24.5. The van der Waals surface area contributed by atoms with Crippen molar-refractivity contribution >= 4 is 46.1 Å². The number of nitrogens with zero attached hydrogens (tertiary/aromatic N) is 5. The van der Waals surface area contributed by atoms with Crippen molar-refractivity contribution in [3.63, 3.8) is 0 Å². The minimum Gasteiger partial charge on any atom is -0.318 e. The zero-order valence-electron chi connectivity index (χ0n) is 18.8. The van der Waals surface area contributed by atoms with Gasteiger partial charge in [0.15, 0.2) is 0 Å². The Morgan fingerprint density at radius 3 is 2.80 bits per heavy atom. The van der Waals surface area contributed by atoms with Crippen molar-refractivity contribution in [2.45, 2.75) is 25.8 Å². The number of nitrogens with one attached hydrogen (secondary N) is 3. The average molecular weight is 517 g/mol. The first-order chi connectivity index (χ1) is 16.9. The molecule has 182 valence electrons. The largest absolute Gasteiger partial charge is 0.318 e. The highest BCUT2D eigenvalue weighted by atomic mass is 35.5. The van der Waals surface area contributed by atoms with Gasteiger partial charge in [-0.25, -0.2) is 9.37 Å². The first-order valence-electron chi connectivity index (χ1n) is 11.2. The van der Waals surface area contributed by atoms with Crippen LogP contribution in [0.25, 0.3) is 16.9 Å². The van der Waals surface area contributed by atoms with E-state index in [4.69, 9.17) is 28.2 Å². The number of fused-ring (bicyclic) bond motifs is 1. The zero-order valence-corrected chi connectivity index (χ0v) is 20.3. The summed E-state index contributed by atoms with van der Waals surface area (Å²) in [6, 6.07) is 7.87. The summed E-state index contributed by atoms with van der Waals surface area (Å²) >= 11 is 12.4. The Labute approximate surface area is 210 Å². The second-order valence-corrected chi connectivity index (χ2v) is 9.19. The van der Waals surface area contributed by atoms with Crippen molar-refractivity contribution in [2.75, 3.05) is 23.8 Å². The molecule has 1 atom stereocenters. The molecule has 0 saturated carbocycles. The molecule has 0 bridgehead atoms. The Morgan fingerprint density at radius 1 is 1.20 bits per heavy atom. The molecule has 1 aromatic carbocycles. The average Bonchev–Trinajstić information content (AvgIpc) is 3.49. The lowest BCUT2D eigenvalue weighted by atomic mass is 9.97. The predicted octanol–water partition coefficient (Wildman–Crippen LogP) is 4.31. The van der Waals surface area contributed by atoms with E-state index in [2.05, 4.69) is 26.3 Å². The topological polar surface area (TPSA) is 102 Å². The van der Waals surface area contributed by atoms with Gasteiger partial charge < -0.3 is 10.7 Å². The molecule has 1 unspecified atom stereocenters. The van der Waals surface area contributed by atoms with Gasteiger partial charge in [-0.2, -0.15) is 0 Å². The smallest absolute Gasteiger partial charge is 0.236 e. The molecule has 35 heavy (non-hydrogen) atoms. The van der Waals surface area contributed by atoms with Crippen LogP contribution in [0.3, 0.4) is 0 Å². The second-order valence-electron chi connectivity index (χ2n) is 8.41. The van der Waals surface area contributed by atoms with Crippen LogP contribution < -0.4 is 16.1 Å². The Kier molecular flexibility index (Phi) is 6.59. The standard InChI is InChI=1S/C23H23Cl2FN8O/c1-13(20-15(24)2-3-16(26)21(20)25)32-34-11-8-17-18(34)4-5-19(29-17)33-12-28-31-23(33)30-22(35)14-6-9-27-10-7-14/h2-5,8,11-14,27,32H,6-7,9-10H2,1H3,(H,30,31,35). The van der Waals surface area contributed by atoms with Gasteiger partial charge in [0, 0.05) is 22.7 Å². The van der Waals surface area contributed by atoms with Crippen LogP contribution in [0.1, 0.15) is 31.4 Å². The number of carbonyl (C=O) groups excluding carboxylic acids is 1. The number of hydrogen-bond acceptors (Lipinski definition) is 6. The maximum absolute atomic E-state index is 14.0. The van der Waals surface area contributed by atoms with E-state index in [1.807, 2.05) is 25.3 Å². The number of rotatable bonds is 6. The van der Waals surface area contributed by atoms with Gasteiger partial charge in [-0.05, 0) is 63.2 Å². The van der Waals surface area contributed by atoms with Gasteiger partial charge in [-0.3, -0.25) is 19.4 Å². The second kappa shape index (κ2) is 9.80. The number of carbonyl (C=O) groups is 1. The molecule has 4 heterocycles. The third-order valence-corrected chi connectivity index (χ3v) is 6.83. The molecule has 4 aromatic rings. The Morgan fingerprint density at radius 2 is 2.00 bits per heavy atom. The fourth-order valence-electron chi connectivity index (χ4n) is 4.25. The number of benzene rings is 1. The summed E-state index contributed by atoms with van der Waals surface area (Å²) in [5.74, 6) is 0.229. The van der Waals surface area contributed by atoms with Crippen molar-refractivity contribution in [3.8, 4) is 5.82 Å². The van der Waals surface area contributed by atoms with Crippen molar-refractivity contribution in [1.29, 1.82) is 0 Å². The third kappa shape index (κ3) is 4.69. The normalized spacial score (nSPS) is 15.3. The van der Waals surface area contributed by atoms with Gasteiger partial charge in [-0.15, -0.1) is 10.2 Å². The fourth-order valence-corrected chi connectivity index (χ4v) is 4.95. The monoisotopic (exact) mass is 516 g/mol.